The number of rotatable bonds is 4. The molecule has 0 aliphatic carbocycles. The Balaban J connectivity index is 1.75. The highest BCUT2D eigenvalue weighted by molar-refractivity contribution is 8.05. The predicted octanol–water partition coefficient (Wildman–Crippen LogP) is 9.13. The van der Waals surface area contributed by atoms with Gasteiger partial charge in [-0.3, -0.25) is 0 Å². The Kier molecular flexibility index (Phi) is 6.26. The van der Waals surface area contributed by atoms with E-state index >= 15 is 0 Å². The van der Waals surface area contributed by atoms with Crippen LogP contribution in [0, 0.1) is 0 Å². The Morgan fingerprint density at radius 1 is 0.727 bits per heavy atom. The van der Waals surface area contributed by atoms with E-state index < -0.39 is 17.9 Å². The quantitative estimate of drug-likeness (QED) is 0.340. The van der Waals surface area contributed by atoms with Gasteiger partial charge in [-0.15, -0.1) is 0 Å². The molecule has 0 saturated carbocycles. The van der Waals surface area contributed by atoms with Crippen molar-refractivity contribution in [1.29, 1.82) is 0 Å². The van der Waals surface area contributed by atoms with Gasteiger partial charge in [-0.05, 0) is 12.1 Å². The summed E-state index contributed by atoms with van der Waals surface area (Å²) in [5, 5.41) is 0. The van der Waals surface area contributed by atoms with Gasteiger partial charge in [0.2, 0.25) is 0 Å². The van der Waals surface area contributed by atoms with Gasteiger partial charge in [0.25, 0.3) is 5.79 Å². The van der Waals surface area contributed by atoms with E-state index in [2.05, 4.69) is 27.7 Å². The zero-order valence-corrected chi connectivity index (χ0v) is 23.0. The molecule has 0 fully saturated rings. The Morgan fingerprint density at radius 3 is 1.42 bits per heavy atom. The summed E-state index contributed by atoms with van der Waals surface area (Å²) in [6.07, 6.45) is -6.47. The van der Waals surface area contributed by atoms with Crippen LogP contribution in [0.4, 0.5) is 0 Å². The summed E-state index contributed by atoms with van der Waals surface area (Å²) in [4.78, 5) is 0. The summed E-state index contributed by atoms with van der Waals surface area (Å²) < 4.78 is 46.7. The lowest BCUT2D eigenvalue weighted by molar-refractivity contribution is -0.166. The maximum atomic E-state index is 11.7. The first-order valence-corrected chi connectivity index (χ1v) is 16.9. The number of ether oxygens (including phenoxy) is 2. The highest BCUT2D eigenvalue weighted by Crippen LogP contribution is 2.60. The van der Waals surface area contributed by atoms with E-state index in [4.69, 9.17) is 63.5 Å². The van der Waals surface area contributed by atoms with Crippen molar-refractivity contribution in [2.45, 2.75) is 57.2 Å². The van der Waals surface area contributed by atoms with Crippen LogP contribution in [0.1, 0.15) is 51.7 Å². The maximum absolute atomic E-state index is 11.7. The fraction of sp³-hybridized carbons (Fsp3) is 0.429. The summed E-state index contributed by atoms with van der Waals surface area (Å²) >= 11 is 22.3. The molecule has 2 aromatic rings. The minimum absolute atomic E-state index is 0.223. The molecule has 12 heteroatoms. The monoisotopic (exact) mass is 572 g/mol. The molecule has 0 unspecified atom stereocenters. The van der Waals surface area contributed by atoms with Crippen LogP contribution in [-0.4, -0.2) is 5.79 Å². The molecule has 0 atom stereocenters. The SMILES string of the molecule is CC1(C)CC2(CC(C)(C)c3ccc(OP(=O)(Cl)Cl)cc3O2)Oc2cc(OP(=O)(Cl)Cl)ccc21. The molecule has 33 heavy (non-hydrogen) atoms. The molecule has 2 aliphatic heterocycles. The molecule has 0 amide bonds. The molecule has 4 rings (SSSR count). The lowest BCUT2D eigenvalue weighted by Gasteiger charge is -2.51. The number of hydrogen-bond acceptors (Lipinski definition) is 6. The molecule has 2 aliphatic rings. The Hall–Kier alpha value is -0.740. The van der Waals surface area contributed by atoms with Crippen LogP contribution in [0.15, 0.2) is 36.4 Å². The van der Waals surface area contributed by atoms with Crippen molar-refractivity contribution in [3.05, 3.63) is 47.5 Å². The zero-order chi connectivity index (χ0) is 24.4. The van der Waals surface area contributed by atoms with E-state index in [1.54, 1.807) is 24.3 Å². The van der Waals surface area contributed by atoms with Gasteiger partial charge in [-0.1, -0.05) is 39.8 Å². The summed E-state index contributed by atoms with van der Waals surface area (Å²) in [7, 11) is 0. The third kappa shape index (κ3) is 5.58. The van der Waals surface area contributed by atoms with Crippen LogP contribution in [0.3, 0.4) is 0 Å². The van der Waals surface area contributed by atoms with E-state index in [1.165, 1.54) is 0 Å². The lowest BCUT2D eigenvalue weighted by atomic mass is 9.69. The highest BCUT2D eigenvalue weighted by Gasteiger charge is 2.53. The Bertz CT molecular complexity index is 1110. The highest BCUT2D eigenvalue weighted by atomic mass is 35.9. The molecule has 1 spiro atoms. The average Bonchev–Trinajstić information content (AvgIpc) is 2.56. The van der Waals surface area contributed by atoms with Gasteiger partial charge in [-0.2, -0.15) is 0 Å². The minimum Gasteiger partial charge on any atom is -0.452 e. The second-order valence-electron chi connectivity index (χ2n) is 9.56. The van der Waals surface area contributed by atoms with E-state index in [9.17, 15) is 9.13 Å². The van der Waals surface area contributed by atoms with Crippen molar-refractivity contribution >= 4 is 57.1 Å². The first-order valence-electron chi connectivity index (χ1n) is 10.0. The first kappa shape index (κ1) is 25.4. The third-order valence-corrected chi connectivity index (χ3v) is 7.48. The molecule has 0 N–H and O–H groups in total. The molecule has 0 radical (unpaired) electrons. The summed E-state index contributed by atoms with van der Waals surface area (Å²) in [5.41, 5.74) is 1.21. The van der Waals surface area contributed by atoms with Crippen LogP contribution in [0.5, 0.6) is 23.0 Å². The average molecular weight is 574 g/mol. The number of benzene rings is 2. The van der Waals surface area contributed by atoms with Crippen LogP contribution in [0.25, 0.3) is 0 Å². The van der Waals surface area contributed by atoms with Gasteiger partial charge in [0.15, 0.2) is 0 Å². The summed E-state index contributed by atoms with van der Waals surface area (Å²) in [6, 6.07) is 10.2. The molecule has 180 valence electrons. The molecular weight excluding hydrogens is 552 g/mol. The predicted molar refractivity (Wildman–Crippen MR) is 132 cm³/mol. The van der Waals surface area contributed by atoms with Crippen molar-refractivity contribution in [3.8, 4) is 23.0 Å². The van der Waals surface area contributed by atoms with Gasteiger partial charge in [0.1, 0.15) is 23.0 Å². The third-order valence-electron chi connectivity index (χ3n) is 5.80. The molecule has 2 heterocycles. The van der Waals surface area contributed by atoms with Crippen molar-refractivity contribution in [3.63, 3.8) is 0 Å². The molecule has 0 bridgehead atoms. The summed E-state index contributed by atoms with van der Waals surface area (Å²) in [6.45, 7) is 8.36. The second-order valence-corrected chi connectivity index (χ2v) is 18.0. The van der Waals surface area contributed by atoms with Crippen molar-refractivity contribution < 1.29 is 27.7 Å². The lowest BCUT2D eigenvalue weighted by Crippen LogP contribution is -2.55. The normalized spacial score (nSPS) is 20.1. The second kappa shape index (κ2) is 8.15. The van der Waals surface area contributed by atoms with Crippen LogP contribution < -0.4 is 18.5 Å². The van der Waals surface area contributed by atoms with Gasteiger partial charge >= 0.3 is 12.1 Å². The van der Waals surface area contributed by atoms with Gasteiger partial charge in [-0.25, -0.2) is 9.13 Å². The van der Waals surface area contributed by atoms with E-state index in [0.717, 1.165) is 11.1 Å². The molecular formula is C21H22Cl4O6P2. The van der Waals surface area contributed by atoms with Crippen LogP contribution in [0.2, 0.25) is 0 Å². The number of hydrogen-bond donors (Lipinski definition) is 0. The van der Waals surface area contributed by atoms with Crippen molar-refractivity contribution in [2.75, 3.05) is 0 Å². The Labute approximate surface area is 211 Å². The summed E-state index contributed by atoms with van der Waals surface area (Å²) in [5.74, 6) is 0.454. The fourth-order valence-electron chi connectivity index (χ4n) is 4.82. The van der Waals surface area contributed by atoms with E-state index in [1.807, 2.05) is 12.1 Å². The van der Waals surface area contributed by atoms with Crippen LogP contribution >= 0.6 is 57.1 Å². The number of halogens is 4. The van der Waals surface area contributed by atoms with Crippen molar-refractivity contribution in [2.24, 2.45) is 0 Å². The largest absolute Gasteiger partial charge is 0.452 e. The maximum Gasteiger partial charge on any atom is 0.428 e. The van der Waals surface area contributed by atoms with Gasteiger partial charge in [0, 0.05) is 91.9 Å². The smallest absolute Gasteiger partial charge is 0.428 e. The zero-order valence-electron chi connectivity index (χ0n) is 18.2. The van der Waals surface area contributed by atoms with Crippen LogP contribution in [-0.2, 0) is 20.0 Å². The van der Waals surface area contributed by atoms with Crippen molar-refractivity contribution in [1.82, 2.24) is 0 Å². The topological polar surface area (TPSA) is 71.1 Å². The Morgan fingerprint density at radius 2 is 1.09 bits per heavy atom. The standard InChI is InChI=1S/C21H22Cl4O6P2/c1-19(2)11-21(28-17-9-13(5-7-15(17)19)30-32(22,23)26)12-20(3,4)16-8-6-14(10-18(16)29-21)31-33(24,25)27/h5-10H,11-12H2,1-4H3. The molecule has 6 nitrogen and oxygen atoms in total. The minimum atomic E-state index is -3.78. The van der Waals surface area contributed by atoms with Gasteiger partial charge in [0.05, 0.1) is 0 Å². The van der Waals surface area contributed by atoms with E-state index in [-0.39, 0.29) is 22.3 Å². The fourth-order valence-corrected chi connectivity index (χ4v) is 6.49. The first-order chi connectivity index (χ1) is 15.0. The molecule has 0 saturated heterocycles. The molecule has 0 aromatic heterocycles. The van der Waals surface area contributed by atoms with Gasteiger partial charge < -0.3 is 18.5 Å². The molecule has 2 aromatic carbocycles. The van der Waals surface area contributed by atoms with E-state index in [0.29, 0.717) is 24.3 Å². The number of fused-ring (bicyclic) bond motifs is 2.